The monoisotopic (exact) mass is 348 g/mol. The quantitative estimate of drug-likeness (QED) is 0.646. The topological polar surface area (TPSA) is 51.2 Å². The molecule has 3 nitrogen and oxygen atoms in total. The molecule has 0 aromatic heterocycles. The number of hydrogen-bond acceptors (Lipinski definition) is 3. The van der Waals surface area contributed by atoms with Gasteiger partial charge < -0.3 is 0 Å². The summed E-state index contributed by atoms with van der Waals surface area (Å²) in [7, 11) is 0. The molecule has 0 saturated heterocycles. The molecule has 1 aromatic rings. The van der Waals surface area contributed by atoms with Gasteiger partial charge in [0.15, 0.2) is 11.6 Å². The van der Waals surface area contributed by atoms with E-state index in [9.17, 15) is 14.4 Å². The first-order chi connectivity index (χ1) is 12.7. The van der Waals surface area contributed by atoms with Crippen LogP contribution in [-0.2, 0) is 4.79 Å². The SMILES string of the molecule is O=C1CCC2=C3CCCCC3C3C(=O)c4ccccc4C(=O)C3C2CC1. The van der Waals surface area contributed by atoms with Gasteiger partial charge in [0.05, 0.1) is 0 Å². The maximum atomic E-state index is 13.5. The van der Waals surface area contributed by atoms with E-state index < -0.39 is 0 Å². The number of ketones is 3. The molecule has 2 fully saturated rings. The van der Waals surface area contributed by atoms with Gasteiger partial charge in [-0.25, -0.2) is 0 Å². The van der Waals surface area contributed by atoms with E-state index in [1.807, 2.05) is 24.3 Å². The zero-order valence-corrected chi connectivity index (χ0v) is 15.0. The predicted octanol–water partition coefficient (Wildman–Crippen LogP) is 4.56. The van der Waals surface area contributed by atoms with Crippen LogP contribution in [0.1, 0.15) is 72.1 Å². The van der Waals surface area contributed by atoms with Crippen LogP contribution in [0.5, 0.6) is 0 Å². The van der Waals surface area contributed by atoms with Crippen LogP contribution in [0, 0.1) is 23.7 Å². The van der Waals surface area contributed by atoms with Gasteiger partial charge in [0, 0.05) is 35.8 Å². The number of benzene rings is 1. The minimum Gasteiger partial charge on any atom is -0.300 e. The normalized spacial score (nSPS) is 33.8. The summed E-state index contributed by atoms with van der Waals surface area (Å²) in [6, 6.07) is 7.35. The first-order valence-electron chi connectivity index (χ1n) is 10.1. The van der Waals surface area contributed by atoms with Crippen LogP contribution in [0.15, 0.2) is 35.4 Å². The van der Waals surface area contributed by atoms with E-state index in [1.54, 1.807) is 0 Å². The number of fused-ring (bicyclic) bond motifs is 6. The smallest absolute Gasteiger partial charge is 0.168 e. The molecular formula is C23H24O3. The third kappa shape index (κ3) is 2.22. The fraction of sp³-hybridized carbons (Fsp3) is 0.522. The Morgan fingerprint density at radius 3 is 1.96 bits per heavy atom. The standard InChI is InChI=1S/C23H24O3/c24-13-9-11-15-14-5-1-2-6-16(14)20-21(17(15)12-10-13)23(26)19-8-4-3-7-18(19)22(20)25/h3-4,7-8,16-17,20-21H,1-2,5-6,9-12H2. The average molecular weight is 348 g/mol. The molecule has 5 rings (SSSR count). The maximum Gasteiger partial charge on any atom is 0.168 e. The number of allylic oxidation sites excluding steroid dienone is 2. The first-order valence-corrected chi connectivity index (χ1v) is 10.1. The van der Waals surface area contributed by atoms with Gasteiger partial charge >= 0.3 is 0 Å². The highest BCUT2D eigenvalue weighted by molar-refractivity contribution is 6.16. The lowest BCUT2D eigenvalue weighted by Gasteiger charge is -2.48. The predicted molar refractivity (Wildman–Crippen MR) is 98.0 cm³/mol. The third-order valence-electron chi connectivity index (χ3n) is 7.24. The first kappa shape index (κ1) is 16.2. The fourth-order valence-corrected chi connectivity index (χ4v) is 6.17. The van der Waals surface area contributed by atoms with Crippen molar-refractivity contribution in [2.75, 3.05) is 0 Å². The summed E-state index contributed by atoms with van der Waals surface area (Å²) in [5, 5.41) is 0. The van der Waals surface area contributed by atoms with Gasteiger partial charge in [-0.05, 0) is 43.9 Å². The minimum atomic E-state index is -0.245. The molecule has 134 valence electrons. The molecular weight excluding hydrogens is 324 g/mol. The third-order valence-corrected chi connectivity index (χ3v) is 7.24. The van der Waals surface area contributed by atoms with Crippen molar-refractivity contribution in [1.82, 2.24) is 0 Å². The molecule has 2 saturated carbocycles. The van der Waals surface area contributed by atoms with E-state index in [2.05, 4.69) is 0 Å². The number of carbonyl (C=O) groups excluding carboxylic acids is 3. The van der Waals surface area contributed by atoms with Crippen molar-refractivity contribution < 1.29 is 14.4 Å². The van der Waals surface area contributed by atoms with Crippen molar-refractivity contribution in [3.63, 3.8) is 0 Å². The Morgan fingerprint density at radius 2 is 1.27 bits per heavy atom. The number of Topliss-reactive ketones (excluding diaryl/α,β-unsaturated/α-hetero) is 3. The number of rotatable bonds is 0. The average Bonchev–Trinajstić information content (AvgIpc) is 2.87. The van der Waals surface area contributed by atoms with Gasteiger partial charge in [0.25, 0.3) is 0 Å². The highest BCUT2D eigenvalue weighted by Gasteiger charge is 2.53. The second kappa shape index (κ2) is 6.00. The maximum absolute atomic E-state index is 13.5. The summed E-state index contributed by atoms with van der Waals surface area (Å²) in [5.74, 6) is 0.501. The van der Waals surface area contributed by atoms with Crippen LogP contribution in [-0.4, -0.2) is 17.3 Å². The Labute approximate surface area is 153 Å². The van der Waals surface area contributed by atoms with Crippen molar-refractivity contribution in [3.05, 3.63) is 46.5 Å². The van der Waals surface area contributed by atoms with Crippen LogP contribution in [0.2, 0.25) is 0 Å². The van der Waals surface area contributed by atoms with Gasteiger partial charge in [-0.2, -0.15) is 0 Å². The van der Waals surface area contributed by atoms with Crippen molar-refractivity contribution in [3.8, 4) is 0 Å². The molecule has 4 atom stereocenters. The molecule has 0 heterocycles. The molecule has 4 aliphatic carbocycles. The lowest BCUT2D eigenvalue weighted by molar-refractivity contribution is -0.118. The molecule has 0 spiro atoms. The van der Waals surface area contributed by atoms with Crippen molar-refractivity contribution in [1.29, 1.82) is 0 Å². The van der Waals surface area contributed by atoms with Crippen LogP contribution in [0.25, 0.3) is 0 Å². The highest BCUT2D eigenvalue weighted by atomic mass is 16.1. The van der Waals surface area contributed by atoms with Crippen LogP contribution >= 0.6 is 0 Å². The van der Waals surface area contributed by atoms with Gasteiger partial charge in [0.2, 0.25) is 0 Å². The molecule has 0 amide bonds. The van der Waals surface area contributed by atoms with Crippen molar-refractivity contribution in [2.45, 2.75) is 51.4 Å². The molecule has 0 N–H and O–H groups in total. The zero-order valence-electron chi connectivity index (χ0n) is 15.0. The van der Waals surface area contributed by atoms with E-state index >= 15 is 0 Å². The summed E-state index contributed by atoms with van der Waals surface area (Å²) in [6.07, 6.45) is 7.09. The second-order valence-electron chi connectivity index (χ2n) is 8.41. The van der Waals surface area contributed by atoms with E-state index in [0.29, 0.717) is 29.8 Å². The van der Waals surface area contributed by atoms with Crippen molar-refractivity contribution >= 4 is 17.3 Å². The van der Waals surface area contributed by atoms with Crippen LogP contribution < -0.4 is 0 Å². The molecule has 1 aromatic carbocycles. The molecule has 0 aliphatic heterocycles. The Kier molecular flexibility index (Phi) is 3.73. The summed E-state index contributed by atoms with van der Waals surface area (Å²) in [6.45, 7) is 0. The van der Waals surface area contributed by atoms with E-state index in [-0.39, 0.29) is 35.2 Å². The van der Waals surface area contributed by atoms with Gasteiger partial charge in [-0.1, -0.05) is 41.8 Å². The van der Waals surface area contributed by atoms with Gasteiger partial charge in [0.1, 0.15) is 5.78 Å². The fourth-order valence-electron chi connectivity index (χ4n) is 6.17. The molecule has 4 unspecified atom stereocenters. The van der Waals surface area contributed by atoms with E-state index in [4.69, 9.17) is 0 Å². The summed E-state index contributed by atoms with van der Waals surface area (Å²) in [4.78, 5) is 39.0. The van der Waals surface area contributed by atoms with Crippen LogP contribution in [0.3, 0.4) is 0 Å². The van der Waals surface area contributed by atoms with Gasteiger partial charge in [-0.3, -0.25) is 14.4 Å². The lowest BCUT2D eigenvalue weighted by atomic mass is 9.54. The van der Waals surface area contributed by atoms with Gasteiger partial charge in [-0.15, -0.1) is 0 Å². The second-order valence-corrected chi connectivity index (χ2v) is 8.41. The van der Waals surface area contributed by atoms with Crippen LogP contribution in [0.4, 0.5) is 0 Å². The summed E-state index contributed by atoms with van der Waals surface area (Å²) in [5.41, 5.74) is 4.05. The highest BCUT2D eigenvalue weighted by Crippen LogP contribution is 2.55. The van der Waals surface area contributed by atoms with E-state index in [1.165, 1.54) is 17.6 Å². The molecule has 0 radical (unpaired) electrons. The largest absolute Gasteiger partial charge is 0.300 e. The number of hydrogen-bond donors (Lipinski definition) is 0. The Morgan fingerprint density at radius 1 is 0.654 bits per heavy atom. The zero-order chi connectivity index (χ0) is 17.8. The Bertz CT molecular complexity index is 847. The summed E-state index contributed by atoms with van der Waals surface area (Å²) < 4.78 is 0. The number of carbonyl (C=O) groups is 3. The molecule has 3 heteroatoms. The lowest BCUT2D eigenvalue weighted by Crippen LogP contribution is -2.49. The minimum absolute atomic E-state index is 0.0978. The molecule has 26 heavy (non-hydrogen) atoms. The summed E-state index contributed by atoms with van der Waals surface area (Å²) >= 11 is 0. The van der Waals surface area contributed by atoms with Crippen molar-refractivity contribution in [2.24, 2.45) is 23.7 Å². The molecule has 0 bridgehead atoms. The Hall–Kier alpha value is -2.03. The van der Waals surface area contributed by atoms with E-state index in [0.717, 1.165) is 32.1 Å². The molecule has 4 aliphatic rings. The Balaban J connectivity index is 1.69.